The lowest BCUT2D eigenvalue weighted by Crippen LogP contribution is -2.45. The molecule has 1 aliphatic heterocycles. The average molecular weight is 411 g/mol. The van der Waals surface area contributed by atoms with Gasteiger partial charge in [0.2, 0.25) is 0 Å². The highest BCUT2D eigenvalue weighted by Gasteiger charge is 2.52. The quantitative estimate of drug-likeness (QED) is 0.237. The van der Waals surface area contributed by atoms with Crippen molar-refractivity contribution < 1.29 is 19.1 Å². The van der Waals surface area contributed by atoms with Crippen molar-refractivity contribution in [1.29, 1.82) is 0 Å². The Morgan fingerprint density at radius 2 is 1.89 bits per heavy atom. The van der Waals surface area contributed by atoms with Gasteiger partial charge in [0, 0.05) is 18.3 Å². The highest BCUT2D eigenvalue weighted by Crippen LogP contribution is 2.47. The average Bonchev–Trinajstić information content (AvgIpc) is 3.03. The number of hydrogen-bond acceptors (Lipinski definition) is 4. The molecule has 5 heteroatoms. The highest BCUT2D eigenvalue weighted by molar-refractivity contribution is 6.74. The van der Waals surface area contributed by atoms with Crippen LogP contribution in [0.25, 0.3) is 0 Å². The second-order valence-electron chi connectivity index (χ2n) is 10.8. The molecule has 1 saturated carbocycles. The van der Waals surface area contributed by atoms with E-state index in [0.29, 0.717) is 6.42 Å². The van der Waals surface area contributed by atoms with E-state index in [0.717, 1.165) is 31.6 Å². The number of carbonyl (C=O) groups excluding carboxylic acids is 1. The second kappa shape index (κ2) is 9.44. The van der Waals surface area contributed by atoms with Crippen molar-refractivity contribution in [2.24, 2.45) is 17.8 Å². The maximum absolute atomic E-state index is 11.8. The van der Waals surface area contributed by atoms with Gasteiger partial charge in [-0.05, 0) is 30.5 Å². The lowest BCUT2D eigenvalue weighted by Gasteiger charge is -2.39. The molecule has 4 nitrogen and oxygen atoms in total. The molecule has 2 aliphatic rings. The van der Waals surface area contributed by atoms with Gasteiger partial charge in [0.05, 0.1) is 18.6 Å². The first kappa shape index (κ1) is 23.6. The Bertz CT molecular complexity index is 549. The van der Waals surface area contributed by atoms with Gasteiger partial charge in [0.15, 0.2) is 8.32 Å². The number of ether oxygens (including phenoxy) is 1. The van der Waals surface area contributed by atoms with Crippen molar-refractivity contribution in [3.05, 3.63) is 12.2 Å². The number of aliphatic hydroxyl groups is 1. The Hall–Kier alpha value is -0.653. The molecule has 0 aromatic heterocycles. The van der Waals surface area contributed by atoms with Gasteiger partial charge >= 0.3 is 5.97 Å². The lowest BCUT2D eigenvalue weighted by atomic mass is 9.91. The van der Waals surface area contributed by atoms with E-state index < -0.39 is 14.4 Å². The summed E-state index contributed by atoms with van der Waals surface area (Å²) >= 11 is 0. The molecular formula is C23H42O4Si. The van der Waals surface area contributed by atoms with Gasteiger partial charge in [-0.3, -0.25) is 4.79 Å². The molecular weight excluding hydrogens is 368 g/mol. The summed E-state index contributed by atoms with van der Waals surface area (Å²) < 4.78 is 12.3. The van der Waals surface area contributed by atoms with Gasteiger partial charge in [0.25, 0.3) is 0 Å². The van der Waals surface area contributed by atoms with Crippen LogP contribution in [0.3, 0.4) is 0 Å². The van der Waals surface area contributed by atoms with Crippen LogP contribution in [0.15, 0.2) is 12.2 Å². The Kier molecular flexibility index (Phi) is 7.96. The van der Waals surface area contributed by atoms with Gasteiger partial charge in [-0.2, -0.15) is 0 Å². The van der Waals surface area contributed by atoms with E-state index in [9.17, 15) is 9.90 Å². The first-order chi connectivity index (χ1) is 12.9. The van der Waals surface area contributed by atoms with Gasteiger partial charge in [-0.1, -0.05) is 66.0 Å². The summed E-state index contributed by atoms with van der Waals surface area (Å²) in [5.74, 6) is 0.965. The van der Waals surface area contributed by atoms with Crippen molar-refractivity contribution >= 4 is 14.3 Å². The van der Waals surface area contributed by atoms with E-state index in [1.807, 2.05) is 6.08 Å². The van der Waals surface area contributed by atoms with Crippen molar-refractivity contribution in [3.63, 3.8) is 0 Å². The van der Waals surface area contributed by atoms with E-state index >= 15 is 0 Å². The zero-order chi connectivity index (χ0) is 21.1. The Balaban J connectivity index is 2.01. The number of esters is 1. The molecule has 1 N–H and O–H groups in total. The minimum absolute atomic E-state index is 0.0277. The fraction of sp³-hybridized carbons (Fsp3) is 0.870. The summed E-state index contributed by atoms with van der Waals surface area (Å²) in [4.78, 5) is 11.8. The zero-order valence-electron chi connectivity index (χ0n) is 19.0. The van der Waals surface area contributed by atoms with Gasteiger partial charge in [-0.15, -0.1) is 0 Å². The number of carbonyl (C=O) groups is 1. The molecule has 0 aromatic carbocycles. The summed E-state index contributed by atoms with van der Waals surface area (Å²) in [6.07, 6.45) is 9.17. The van der Waals surface area contributed by atoms with Crippen LogP contribution >= 0.6 is 0 Å². The summed E-state index contributed by atoms with van der Waals surface area (Å²) in [7, 11) is -1.91. The number of aliphatic hydroxyl groups excluding tert-OH is 1. The third kappa shape index (κ3) is 6.17. The molecule has 1 aliphatic carbocycles. The van der Waals surface area contributed by atoms with E-state index in [1.54, 1.807) is 0 Å². The maximum atomic E-state index is 11.8. The molecule has 1 saturated heterocycles. The summed E-state index contributed by atoms with van der Waals surface area (Å²) in [6, 6.07) is 0. The minimum atomic E-state index is -1.91. The number of unbranched alkanes of at least 4 members (excludes halogenated alkanes) is 1. The second-order valence-corrected chi connectivity index (χ2v) is 15.5. The van der Waals surface area contributed by atoms with Crippen LogP contribution in [-0.4, -0.2) is 37.7 Å². The summed E-state index contributed by atoms with van der Waals surface area (Å²) in [5, 5.41) is 10.5. The largest absolute Gasteiger partial charge is 0.462 e. The monoisotopic (exact) mass is 410 g/mol. The third-order valence-electron chi connectivity index (χ3n) is 6.89. The first-order valence-corrected chi connectivity index (χ1v) is 14.0. The Morgan fingerprint density at radius 1 is 1.25 bits per heavy atom. The van der Waals surface area contributed by atoms with Crippen LogP contribution in [0.4, 0.5) is 0 Å². The molecule has 162 valence electrons. The van der Waals surface area contributed by atoms with Crippen molar-refractivity contribution in [2.45, 2.75) is 110 Å². The van der Waals surface area contributed by atoms with Crippen LogP contribution in [0, 0.1) is 17.8 Å². The molecule has 0 spiro atoms. The first-order valence-electron chi connectivity index (χ1n) is 11.1. The molecule has 2 rings (SSSR count). The molecule has 1 heterocycles. The van der Waals surface area contributed by atoms with E-state index in [2.05, 4.69) is 53.8 Å². The predicted molar refractivity (Wildman–Crippen MR) is 117 cm³/mol. The Labute approximate surface area is 173 Å². The van der Waals surface area contributed by atoms with Gasteiger partial charge < -0.3 is 14.3 Å². The van der Waals surface area contributed by atoms with Crippen LogP contribution < -0.4 is 0 Å². The van der Waals surface area contributed by atoms with Crippen LogP contribution in [0.5, 0.6) is 0 Å². The van der Waals surface area contributed by atoms with E-state index in [4.69, 9.17) is 9.16 Å². The minimum Gasteiger partial charge on any atom is -0.462 e. The smallest absolute Gasteiger partial charge is 0.306 e. The van der Waals surface area contributed by atoms with Gasteiger partial charge in [-0.25, -0.2) is 0 Å². The SMILES string of the molecule is CC(C)CCCC[C@H](O)/C=C/[C@H]1C(O[Si](C)(C)C(C)(C)C)C[C@@H]2OC(=O)C[C@@H]21. The maximum Gasteiger partial charge on any atom is 0.306 e. The molecule has 28 heavy (non-hydrogen) atoms. The van der Waals surface area contributed by atoms with Crippen molar-refractivity contribution in [2.75, 3.05) is 0 Å². The predicted octanol–water partition coefficient (Wildman–Crippen LogP) is 5.46. The fourth-order valence-corrected chi connectivity index (χ4v) is 5.47. The van der Waals surface area contributed by atoms with Crippen molar-refractivity contribution in [3.8, 4) is 0 Å². The van der Waals surface area contributed by atoms with E-state index in [-0.39, 0.29) is 35.1 Å². The van der Waals surface area contributed by atoms with Crippen LogP contribution in [0.1, 0.15) is 73.1 Å². The van der Waals surface area contributed by atoms with Crippen LogP contribution in [-0.2, 0) is 14.0 Å². The summed E-state index contributed by atoms with van der Waals surface area (Å²) in [6.45, 7) is 15.8. The molecule has 0 aromatic rings. The molecule has 0 radical (unpaired) electrons. The van der Waals surface area contributed by atoms with E-state index in [1.165, 1.54) is 6.42 Å². The number of hydrogen-bond donors (Lipinski definition) is 1. The van der Waals surface area contributed by atoms with Gasteiger partial charge in [0.1, 0.15) is 6.10 Å². The molecule has 0 amide bonds. The topological polar surface area (TPSA) is 55.8 Å². The third-order valence-corrected chi connectivity index (χ3v) is 11.4. The van der Waals surface area contributed by atoms with Crippen LogP contribution in [0.2, 0.25) is 18.1 Å². The highest BCUT2D eigenvalue weighted by atomic mass is 28.4. The molecule has 2 fully saturated rings. The normalized spacial score (nSPS) is 29.5. The lowest BCUT2D eigenvalue weighted by molar-refractivity contribution is -0.141. The van der Waals surface area contributed by atoms with Crippen molar-refractivity contribution in [1.82, 2.24) is 0 Å². The zero-order valence-corrected chi connectivity index (χ0v) is 20.0. The standard InChI is InChI=1S/C23H42O4Si/c1-16(2)10-8-9-11-17(24)12-13-18-19-14-22(25)26-20(19)15-21(18)27-28(6,7)23(3,4)5/h12-13,16-21,24H,8-11,14-15H2,1-7H3/b13-12+/t17-,18+,19+,20-,21?/m0/s1. The number of fused-ring (bicyclic) bond motifs is 1. The molecule has 0 bridgehead atoms. The number of rotatable bonds is 9. The fourth-order valence-electron chi connectivity index (χ4n) is 4.10. The molecule has 1 unspecified atom stereocenters. The molecule has 5 atom stereocenters. The Morgan fingerprint density at radius 3 is 2.50 bits per heavy atom. The summed E-state index contributed by atoms with van der Waals surface area (Å²) in [5.41, 5.74) is 0.